The molecule has 4 aromatic rings. The Labute approximate surface area is 211 Å². The Morgan fingerprint density at radius 2 is 1.86 bits per heavy atom. The number of anilines is 1. The molecule has 0 aliphatic carbocycles. The average Bonchev–Trinajstić information content (AvgIpc) is 2.83. The molecular formula is C27H26BrFN4O2. The SMILES string of the molecule is CC(C)c1nc2ccc(Br)cc2c(=O)n1N=Cc1ccc(N(C)C)cc1OCc1ccc(F)cc1. The van der Waals surface area contributed by atoms with Crippen LogP contribution in [0.25, 0.3) is 10.9 Å². The van der Waals surface area contributed by atoms with Crippen molar-refractivity contribution in [3.05, 3.63) is 98.3 Å². The second-order valence-electron chi connectivity index (χ2n) is 8.68. The van der Waals surface area contributed by atoms with E-state index >= 15 is 0 Å². The van der Waals surface area contributed by atoms with Crippen LogP contribution in [0.3, 0.4) is 0 Å². The normalized spacial score (nSPS) is 11.5. The number of fused-ring (bicyclic) bond motifs is 1. The molecule has 0 saturated heterocycles. The van der Waals surface area contributed by atoms with Gasteiger partial charge in [0.2, 0.25) is 0 Å². The van der Waals surface area contributed by atoms with Crippen molar-refractivity contribution >= 4 is 38.7 Å². The number of hydrogen-bond acceptors (Lipinski definition) is 5. The standard InChI is InChI=1S/C27H26BrFN4O2/c1-17(2)26-31-24-12-8-20(28)13-23(24)27(34)33(26)30-15-19-7-11-22(32(3)4)14-25(19)35-16-18-5-9-21(29)10-6-18/h5-15,17H,16H2,1-4H3. The van der Waals surface area contributed by atoms with Gasteiger partial charge < -0.3 is 9.64 Å². The van der Waals surface area contributed by atoms with Crippen molar-refractivity contribution < 1.29 is 9.13 Å². The van der Waals surface area contributed by atoms with E-state index in [0.29, 0.717) is 28.0 Å². The first-order chi connectivity index (χ1) is 16.7. The largest absolute Gasteiger partial charge is 0.488 e. The van der Waals surface area contributed by atoms with Crippen LogP contribution in [0.15, 0.2) is 75.0 Å². The van der Waals surface area contributed by atoms with Gasteiger partial charge in [-0.3, -0.25) is 4.79 Å². The van der Waals surface area contributed by atoms with E-state index in [4.69, 9.17) is 9.72 Å². The summed E-state index contributed by atoms with van der Waals surface area (Å²) in [6, 6.07) is 17.4. The maximum absolute atomic E-state index is 13.3. The summed E-state index contributed by atoms with van der Waals surface area (Å²) in [5, 5.41) is 5.02. The Morgan fingerprint density at radius 3 is 2.54 bits per heavy atom. The zero-order valence-corrected chi connectivity index (χ0v) is 21.6. The summed E-state index contributed by atoms with van der Waals surface area (Å²) >= 11 is 3.43. The molecule has 0 saturated carbocycles. The number of benzene rings is 3. The Bertz CT molecular complexity index is 1450. The van der Waals surface area contributed by atoms with Crippen molar-refractivity contribution in [3.63, 3.8) is 0 Å². The highest BCUT2D eigenvalue weighted by atomic mass is 79.9. The highest BCUT2D eigenvalue weighted by Gasteiger charge is 2.14. The number of nitrogens with zero attached hydrogens (tertiary/aromatic N) is 4. The van der Waals surface area contributed by atoms with Crippen molar-refractivity contribution in [2.75, 3.05) is 19.0 Å². The third-order valence-electron chi connectivity index (χ3n) is 5.48. The Kier molecular flexibility index (Phi) is 7.31. The quantitative estimate of drug-likeness (QED) is 0.274. The van der Waals surface area contributed by atoms with Gasteiger partial charge in [0, 0.05) is 41.8 Å². The summed E-state index contributed by atoms with van der Waals surface area (Å²) in [6.07, 6.45) is 1.61. The lowest BCUT2D eigenvalue weighted by molar-refractivity contribution is 0.305. The van der Waals surface area contributed by atoms with Gasteiger partial charge in [-0.25, -0.2) is 9.37 Å². The van der Waals surface area contributed by atoms with E-state index in [1.165, 1.54) is 16.8 Å². The molecule has 0 spiro atoms. The average molecular weight is 537 g/mol. The number of hydrogen-bond donors (Lipinski definition) is 0. The molecule has 8 heteroatoms. The molecule has 0 atom stereocenters. The van der Waals surface area contributed by atoms with Gasteiger partial charge in [-0.1, -0.05) is 41.9 Å². The van der Waals surface area contributed by atoms with Gasteiger partial charge in [-0.15, -0.1) is 0 Å². The lowest BCUT2D eigenvalue weighted by Gasteiger charge is -2.16. The molecular weight excluding hydrogens is 511 g/mol. The lowest BCUT2D eigenvalue weighted by Crippen LogP contribution is -2.23. The minimum absolute atomic E-state index is 0.0155. The molecule has 180 valence electrons. The third-order valence-corrected chi connectivity index (χ3v) is 5.98. The summed E-state index contributed by atoms with van der Waals surface area (Å²) < 4.78 is 21.5. The van der Waals surface area contributed by atoms with E-state index in [1.54, 1.807) is 24.4 Å². The van der Waals surface area contributed by atoms with Crippen LogP contribution in [0.4, 0.5) is 10.1 Å². The van der Waals surface area contributed by atoms with E-state index in [-0.39, 0.29) is 23.9 Å². The van der Waals surface area contributed by atoms with Gasteiger partial charge >= 0.3 is 0 Å². The summed E-state index contributed by atoms with van der Waals surface area (Å²) in [6.45, 7) is 4.21. The predicted octanol–water partition coefficient (Wildman–Crippen LogP) is 5.95. The van der Waals surface area contributed by atoms with Crippen LogP contribution in [0.1, 0.15) is 36.7 Å². The van der Waals surface area contributed by atoms with Gasteiger partial charge in [0.1, 0.15) is 24.0 Å². The molecule has 0 aliphatic heterocycles. The van der Waals surface area contributed by atoms with Crippen molar-refractivity contribution in [1.29, 1.82) is 0 Å². The molecule has 0 aliphatic rings. The minimum Gasteiger partial charge on any atom is -0.488 e. The molecule has 0 radical (unpaired) electrons. The molecule has 0 unspecified atom stereocenters. The maximum atomic E-state index is 13.3. The van der Waals surface area contributed by atoms with Gasteiger partial charge in [0.05, 0.1) is 17.1 Å². The predicted molar refractivity (Wildman–Crippen MR) is 142 cm³/mol. The monoisotopic (exact) mass is 536 g/mol. The van der Waals surface area contributed by atoms with Gasteiger partial charge in [-0.2, -0.15) is 9.78 Å². The fourth-order valence-corrected chi connectivity index (χ4v) is 3.91. The van der Waals surface area contributed by atoms with Crippen molar-refractivity contribution in [2.45, 2.75) is 26.4 Å². The lowest BCUT2D eigenvalue weighted by atomic mass is 10.1. The Hall–Kier alpha value is -3.52. The molecule has 1 heterocycles. The molecule has 6 nitrogen and oxygen atoms in total. The molecule has 1 aromatic heterocycles. The van der Waals surface area contributed by atoms with Crippen LogP contribution in [0.2, 0.25) is 0 Å². The molecule has 0 bridgehead atoms. The van der Waals surface area contributed by atoms with E-state index in [0.717, 1.165) is 15.7 Å². The summed E-state index contributed by atoms with van der Waals surface area (Å²) in [7, 11) is 3.89. The highest BCUT2D eigenvalue weighted by molar-refractivity contribution is 9.10. The van der Waals surface area contributed by atoms with Gasteiger partial charge in [0.25, 0.3) is 5.56 Å². The van der Waals surface area contributed by atoms with E-state index in [1.807, 2.05) is 63.2 Å². The van der Waals surface area contributed by atoms with E-state index in [2.05, 4.69) is 21.0 Å². The third kappa shape index (κ3) is 5.59. The van der Waals surface area contributed by atoms with E-state index in [9.17, 15) is 9.18 Å². The zero-order valence-electron chi connectivity index (χ0n) is 20.0. The zero-order chi connectivity index (χ0) is 25.1. The molecule has 0 amide bonds. The fraction of sp³-hybridized carbons (Fsp3) is 0.222. The van der Waals surface area contributed by atoms with Crippen molar-refractivity contribution in [1.82, 2.24) is 9.66 Å². The fourth-order valence-electron chi connectivity index (χ4n) is 3.55. The molecule has 0 fully saturated rings. The number of ether oxygens (including phenoxy) is 1. The Balaban J connectivity index is 1.75. The van der Waals surface area contributed by atoms with Crippen LogP contribution in [0.5, 0.6) is 5.75 Å². The maximum Gasteiger partial charge on any atom is 0.282 e. The number of aromatic nitrogens is 2. The van der Waals surface area contributed by atoms with Gasteiger partial charge in [0.15, 0.2) is 0 Å². The topological polar surface area (TPSA) is 59.7 Å². The van der Waals surface area contributed by atoms with Crippen LogP contribution in [0, 0.1) is 5.82 Å². The second kappa shape index (κ2) is 10.4. The molecule has 0 N–H and O–H groups in total. The number of rotatable bonds is 7. The van der Waals surface area contributed by atoms with Gasteiger partial charge in [-0.05, 0) is 48.0 Å². The van der Waals surface area contributed by atoms with Crippen LogP contribution >= 0.6 is 15.9 Å². The molecule has 4 rings (SSSR count). The smallest absolute Gasteiger partial charge is 0.282 e. The summed E-state index contributed by atoms with van der Waals surface area (Å²) in [4.78, 5) is 20.0. The highest BCUT2D eigenvalue weighted by Crippen LogP contribution is 2.25. The van der Waals surface area contributed by atoms with Crippen LogP contribution < -0.4 is 15.2 Å². The van der Waals surface area contributed by atoms with E-state index < -0.39 is 0 Å². The first-order valence-electron chi connectivity index (χ1n) is 11.2. The van der Waals surface area contributed by atoms with Crippen LogP contribution in [-0.2, 0) is 6.61 Å². The van der Waals surface area contributed by atoms with Crippen molar-refractivity contribution in [3.8, 4) is 5.75 Å². The summed E-state index contributed by atoms with van der Waals surface area (Å²) in [5.41, 5.74) is 2.89. The minimum atomic E-state index is -0.293. The van der Waals surface area contributed by atoms with Crippen molar-refractivity contribution in [2.24, 2.45) is 5.10 Å². The summed E-state index contributed by atoms with van der Waals surface area (Å²) in [5.74, 6) is 0.858. The number of halogens is 2. The second-order valence-corrected chi connectivity index (χ2v) is 9.60. The first-order valence-corrected chi connectivity index (χ1v) is 12.0. The van der Waals surface area contributed by atoms with Crippen LogP contribution in [-0.4, -0.2) is 30.0 Å². The first kappa shape index (κ1) is 24.6. The molecule has 35 heavy (non-hydrogen) atoms. The Morgan fingerprint density at radius 1 is 1.11 bits per heavy atom. The molecule has 3 aromatic carbocycles.